The molecule has 0 saturated heterocycles. The highest BCUT2D eigenvalue weighted by atomic mass is 32.2. The first-order chi connectivity index (χ1) is 14.2. The maximum Gasteiger partial charge on any atom is 0.339 e. The van der Waals surface area contributed by atoms with Crippen LogP contribution in [0, 0.1) is 6.92 Å². The zero-order valence-electron chi connectivity index (χ0n) is 16.6. The highest BCUT2D eigenvalue weighted by molar-refractivity contribution is 7.89. The summed E-state index contributed by atoms with van der Waals surface area (Å²) in [6, 6.07) is 10.0. The van der Waals surface area contributed by atoms with Gasteiger partial charge in [-0.2, -0.15) is 4.72 Å². The molecule has 1 aromatic heterocycles. The number of esters is 1. The predicted octanol–water partition coefficient (Wildman–Crippen LogP) is 2.86. The van der Waals surface area contributed by atoms with E-state index in [1.165, 1.54) is 25.1 Å². The van der Waals surface area contributed by atoms with E-state index in [0.29, 0.717) is 17.6 Å². The molecule has 1 heterocycles. The second-order valence-corrected chi connectivity index (χ2v) is 9.15. The molecule has 1 N–H and O–H groups in total. The van der Waals surface area contributed by atoms with E-state index >= 15 is 0 Å². The summed E-state index contributed by atoms with van der Waals surface area (Å²) in [6.45, 7) is 3.26. The van der Waals surface area contributed by atoms with Crippen LogP contribution in [0.2, 0.25) is 0 Å². The minimum Gasteiger partial charge on any atom is -0.425 e. The third-order valence-electron chi connectivity index (χ3n) is 5.18. The normalized spacial score (nSPS) is 14.5. The molecule has 2 aromatic carbocycles. The Kier molecular flexibility index (Phi) is 5.21. The first kappa shape index (κ1) is 20.3. The number of benzene rings is 2. The highest BCUT2D eigenvalue weighted by Gasteiger charge is 2.24. The van der Waals surface area contributed by atoms with Crippen molar-refractivity contribution in [3.63, 3.8) is 0 Å². The van der Waals surface area contributed by atoms with Crippen molar-refractivity contribution in [1.82, 2.24) is 4.72 Å². The maximum absolute atomic E-state index is 12.5. The molecule has 1 aliphatic carbocycles. The number of fused-ring (bicyclic) bond motifs is 3. The number of rotatable bonds is 5. The third-order valence-corrected chi connectivity index (χ3v) is 6.74. The molecule has 1 aliphatic rings. The van der Waals surface area contributed by atoms with Crippen LogP contribution in [-0.2, 0) is 27.7 Å². The zero-order chi connectivity index (χ0) is 21.5. The molecule has 0 saturated carbocycles. The van der Waals surface area contributed by atoms with Gasteiger partial charge in [0.2, 0.25) is 10.0 Å². The van der Waals surface area contributed by atoms with Gasteiger partial charge in [-0.25, -0.2) is 18.0 Å². The average molecular weight is 427 g/mol. The molecule has 0 bridgehead atoms. The number of hydrogen-bond donors (Lipinski definition) is 1. The Labute approximate surface area is 173 Å². The van der Waals surface area contributed by atoms with Crippen LogP contribution in [0.25, 0.3) is 11.0 Å². The maximum atomic E-state index is 12.5. The first-order valence-corrected chi connectivity index (χ1v) is 11.1. The van der Waals surface area contributed by atoms with Crippen molar-refractivity contribution in [3.8, 4) is 5.75 Å². The Morgan fingerprint density at radius 1 is 1.10 bits per heavy atom. The lowest BCUT2D eigenvalue weighted by Crippen LogP contribution is -2.40. The summed E-state index contributed by atoms with van der Waals surface area (Å²) >= 11 is 0. The van der Waals surface area contributed by atoms with Crippen LogP contribution < -0.4 is 15.1 Å². The Balaban J connectivity index is 1.52. The van der Waals surface area contributed by atoms with Gasteiger partial charge in [-0.3, -0.25) is 0 Å². The van der Waals surface area contributed by atoms with Gasteiger partial charge in [-0.05, 0) is 62.9 Å². The molecule has 0 radical (unpaired) electrons. The summed E-state index contributed by atoms with van der Waals surface area (Å²) in [4.78, 5) is 24.6. The van der Waals surface area contributed by atoms with Gasteiger partial charge < -0.3 is 9.15 Å². The smallest absolute Gasteiger partial charge is 0.339 e. The highest BCUT2D eigenvalue weighted by Crippen LogP contribution is 2.29. The number of carbonyl (C=O) groups excluding carboxylic acids is 1. The van der Waals surface area contributed by atoms with Gasteiger partial charge in [-0.1, -0.05) is 17.7 Å². The van der Waals surface area contributed by atoms with Crippen LogP contribution in [0.5, 0.6) is 5.75 Å². The summed E-state index contributed by atoms with van der Waals surface area (Å²) in [5.41, 5.74) is 2.61. The van der Waals surface area contributed by atoms with E-state index in [1.807, 2.05) is 6.92 Å². The lowest BCUT2D eigenvalue weighted by molar-refractivity contribution is -0.135. The molecule has 3 aromatic rings. The van der Waals surface area contributed by atoms with Gasteiger partial charge in [0.05, 0.1) is 4.90 Å². The summed E-state index contributed by atoms with van der Waals surface area (Å²) in [7, 11) is -3.87. The lowest BCUT2D eigenvalue weighted by atomic mass is 10.1. The molecule has 0 unspecified atom stereocenters. The third kappa shape index (κ3) is 3.88. The molecule has 156 valence electrons. The van der Waals surface area contributed by atoms with Crippen molar-refractivity contribution in [2.75, 3.05) is 0 Å². The van der Waals surface area contributed by atoms with Gasteiger partial charge >= 0.3 is 11.6 Å². The van der Waals surface area contributed by atoms with Crippen molar-refractivity contribution < 1.29 is 22.4 Å². The number of hydrogen-bond acceptors (Lipinski definition) is 6. The lowest BCUT2D eigenvalue weighted by Gasteiger charge is -2.14. The summed E-state index contributed by atoms with van der Waals surface area (Å²) in [6.07, 6.45) is 2.44. The Bertz CT molecular complexity index is 1290. The number of ether oxygens (including phenoxy) is 1. The number of carbonyl (C=O) groups is 1. The van der Waals surface area contributed by atoms with Crippen LogP contribution in [0.3, 0.4) is 0 Å². The van der Waals surface area contributed by atoms with Crippen molar-refractivity contribution in [3.05, 3.63) is 69.6 Å². The standard InChI is InChI=1S/C22H21NO6S/c1-13-6-9-16(10-7-13)30(26,27)23-14(2)21(24)28-15-8-11-18-17-4-3-5-19(17)22(25)29-20(18)12-15/h6-12,14,23H,3-5H2,1-2H3/t14-/m0/s1. The van der Waals surface area contributed by atoms with Crippen LogP contribution >= 0.6 is 0 Å². The number of aryl methyl sites for hydroxylation is 2. The quantitative estimate of drug-likeness (QED) is 0.382. The minimum absolute atomic E-state index is 0.0640. The van der Waals surface area contributed by atoms with E-state index in [4.69, 9.17) is 9.15 Å². The monoisotopic (exact) mass is 427 g/mol. The van der Waals surface area contributed by atoms with Crippen LogP contribution in [0.15, 0.2) is 56.6 Å². The molecule has 0 fully saturated rings. The molecular weight excluding hydrogens is 406 g/mol. The van der Waals surface area contributed by atoms with E-state index in [-0.39, 0.29) is 16.3 Å². The molecule has 1 atom stereocenters. The van der Waals surface area contributed by atoms with Crippen LogP contribution in [0.4, 0.5) is 0 Å². The Morgan fingerprint density at radius 2 is 1.80 bits per heavy atom. The summed E-state index contributed by atoms with van der Waals surface area (Å²) in [5.74, 6) is -0.594. The Hall–Kier alpha value is -2.97. The topological polar surface area (TPSA) is 103 Å². The van der Waals surface area contributed by atoms with Crippen molar-refractivity contribution in [2.24, 2.45) is 0 Å². The second kappa shape index (κ2) is 7.70. The summed E-state index contributed by atoms with van der Waals surface area (Å²) in [5, 5.41) is 0.829. The van der Waals surface area contributed by atoms with Gasteiger partial charge in [0.25, 0.3) is 0 Å². The van der Waals surface area contributed by atoms with E-state index in [2.05, 4.69) is 4.72 Å². The summed E-state index contributed by atoms with van der Waals surface area (Å²) < 4.78 is 37.9. The predicted molar refractivity (Wildman–Crippen MR) is 111 cm³/mol. The molecule has 8 heteroatoms. The van der Waals surface area contributed by atoms with E-state index in [9.17, 15) is 18.0 Å². The van der Waals surface area contributed by atoms with E-state index in [1.54, 1.807) is 24.3 Å². The average Bonchev–Trinajstić information content (AvgIpc) is 3.18. The molecule has 0 spiro atoms. The van der Waals surface area contributed by atoms with Gasteiger partial charge in [-0.15, -0.1) is 0 Å². The Morgan fingerprint density at radius 3 is 2.53 bits per heavy atom. The molecular formula is C22H21NO6S. The number of nitrogens with one attached hydrogen (secondary N) is 1. The van der Waals surface area contributed by atoms with Gasteiger partial charge in [0.1, 0.15) is 17.4 Å². The van der Waals surface area contributed by atoms with E-state index < -0.39 is 22.0 Å². The molecule has 0 aliphatic heterocycles. The molecule has 4 rings (SSSR count). The van der Waals surface area contributed by atoms with Gasteiger partial charge in [0.15, 0.2) is 0 Å². The zero-order valence-corrected chi connectivity index (χ0v) is 17.4. The first-order valence-electron chi connectivity index (χ1n) is 9.64. The minimum atomic E-state index is -3.87. The second-order valence-electron chi connectivity index (χ2n) is 7.44. The van der Waals surface area contributed by atoms with Crippen molar-refractivity contribution in [2.45, 2.75) is 44.0 Å². The number of sulfonamides is 1. The van der Waals surface area contributed by atoms with Crippen molar-refractivity contribution >= 4 is 27.0 Å². The van der Waals surface area contributed by atoms with Crippen LogP contribution in [-0.4, -0.2) is 20.4 Å². The SMILES string of the molecule is Cc1ccc(S(=O)(=O)N[C@@H](C)C(=O)Oc2ccc3c4c(c(=O)oc3c2)CCC4)cc1. The fourth-order valence-corrected chi connectivity index (χ4v) is 4.79. The molecule has 7 nitrogen and oxygen atoms in total. The largest absolute Gasteiger partial charge is 0.425 e. The van der Waals surface area contributed by atoms with Crippen LogP contribution in [0.1, 0.15) is 30.0 Å². The molecule has 30 heavy (non-hydrogen) atoms. The fraction of sp³-hybridized carbons (Fsp3) is 0.273. The van der Waals surface area contributed by atoms with E-state index in [0.717, 1.165) is 29.4 Å². The van der Waals surface area contributed by atoms with Crippen molar-refractivity contribution in [1.29, 1.82) is 0 Å². The fourth-order valence-electron chi connectivity index (χ4n) is 3.60. The van der Waals surface area contributed by atoms with Gasteiger partial charge in [0, 0.05) is 17.0 Å². The molecule has 0 amide bonds.